The highest BCUT2D eigenvalue weighted by molar-refractivity contribution is 5.40. The Morgan fingerprint density at radius 1 is 1.28 bits per heavy atom. The minimum absolute atomic E-state index is 0.443. The molecule has 0 unspecified atom stereocenters. The molecule has 0 radical (unpaired) electrons. The summed E-state index contributed by atoms with van der Waals surface area (Å²) in [6.07, 6.45) is -1.58. The zero-order valence-electron chi connectivity index (χ0n) is 10.7. The van der Waals surface area contributed by atoms with Crippen molar-refractivity contribution in [2.75, 3.05) is 20.3 Å². The second-order valence-corrected chi connectivity index (χ2v) is 3.85. The van der Waals surface area contributed by atoms with E-state index >= 15 is 0 Å². The van der Waals surface area contributed by atoms with Gasteiger partial charge >= 0.3 is 0 Å². The van der Waals surface area contributed by atoms with Gasteiger partial charge in [0.05, 0.1) is 6.61 Å². The predicted octanol–water partition coefficient (Wildman–Crippen LogP) is 2.84. The van der Waals surface area contributed by atoms with Crippen molar-refractivity contribution in [3.63, 3.8) is 0 Å². The van der Waals surface area contributed by atoms with E-state index in [1.54, 1.807) is 13.1 Å². The van der Waals surface area contributed by atoms with Gasteiger partial charge in [-0.15, -0.1) is 0 Å². The largest absolute Gasteiger partial charge is 0.493 e. The van der Waals surface area contributed by atoms with E-state index in [9.17, 15) is 8.78 Å². The molecule has 0 bridgehead atoms. The second-order valence-electron chi connectivity index (χ2n) is 3.85. The molecule has 0 aliphatic carbocycles. The second kappa shape index (κ2) is 7.87. The molecule has 1 rings (SSSR count). The van der Waals surface area contributed by atoms with Gasteiger partial charge in [0.25, 0.3) is 6.43 Å². The first-order chi connectivity index (χ1) is 8.67. The lowest BCUT2D eigenvalue weighted by Gasteiger charge is -2.13. The van der Waals surface area contributed by atoms with Crippen LogP contribution in [0.3, 0.4) is 0 Å². The Labute approximate surface area is 106 Å². The summed E-state index contributed by atoms with van der Waals surface area (Å²) in [7, 11) is 1.79. The van der Waals surface area contributed by atoms with Gasteiger partial charge in [-0.05, 0) is 19.5 Å². The number of rotatable bonds is 8. The number of hydrogen-bond donors (Lipinski definition) is 1. The van der Waals surface area contributed by atoms with E-state index in [1.807, 2.05) is 19.1 Å². The van der Waals surface area contributed by atoms with Crippen LogP contribution in [-0.2, 0) is 6.54 Å². The molecule has 0 fully saturated rings. The number of nitrogens with one attached hydrogen (secondary N) is 1. The van der Waals surface area contributed by atoms with E-state index in [4.69, 9.17) is 9.47 Å². The first kappa shape index (κ1) is 14.7. The van der Waals surface area contributed by atoms with Crippen LogP contribution in [0.1, 0.15) is 18.9 Å². The van der Waals surface area contributed by atoms with Gasteiger partial charge in [-0.3, -0.25) is 0 Å². The molecule has 0 heterocycles. The summed E-state index contributed by atoms with van der Waals surface area (Å²) >= 11 is 0. The van der Waals surface area contributed by atoms with Crippen molar-refractivity contribution in [3.05, 3.63) is 23.8 Å². The van der Waals surface area contributed by atoms with Crippen molar-refractivity contribution in [2.45, 2.75) is 26.3 Å². The molecule has 0 aliphatic heterocycles. The monoisotopic (exact) mass is 259 g/mol. The lowest BCUT2D eigenvalue weighted by Crippen LogP contribution is -2.11. The number of ether oxygens (including phenoxy) is 2. The van der Waals surface area contributed by atoms with E-state index < -0.39 is 13.0 Å². The Morgan fingerprint density at radius 3 is 2.67 bits per heavy atom. The minimum Gasteiger partial charge on any atom is -0.493 e. The van der Waals surface area contributed by atoms with Gasteiger partial charge in [0.2, 0.25) is 0 Å². The van der Waals surface area contributed by atoms with E-state index in [-0.39, 0.29) is 0 Å². The maximum Gasteiger partial charge on any atom is 0.272 e. The van der Waals surface area contributed by atoms with E-state index in [2.05, 4.69) is 5.32 Å². The molecule has 0 spiro atoms. The van der Waals surface area contributed by atoms with Crippen molar-refractivity contribution in [3.8, 4) is 11.5 Å². The summed E-state index contributed by atoms with van der Waals surface area (Å²) in [6, 6.07) is 5.30. The van der Waals surface area contributed by atoms with Gasteiger partial charge in [-0.2, -0.15) is 0 Å². The number of alkyl halides is 2. The van der Waals surface area contributed by atoms with Crippen LogP contribution < -0.4 is 14.8 Å². The highest BCUT2D eigenvalue weighted by Gasteiger charge is 2.09. The topological polar surface area (TPSA) is 30.5 Å². The Balaban J connectivity index is 2.78. The summed E-state index contributed by atoms with van der Waals surface area (Å²) in [5, 5.41) is 2.97. The lowest BCUT2D eigenvalue weighted by molar-refractivity contribution is 0.0812. The maximum atomic E-state index is 12.2. The third-order valence-electron chi connectivity index (χ3n) is 2.24. The molecule has 0 aromatic heterocycles. The van der Waals surface area contributed by atoms with Crippen LogP contribution in [0.15, 0.2) is 18.2 Å². The van der Waals surface area contributed by atoms with Gasteiger partial charge in [-0.1, -0.05) is 13.0 Å². The molecule has 0 saturated heterocycles. The van der Waals surface area contributed by atoms with Crippen LogP contribution in [0.2, 0.25) is 0 Å². The zero-order chi connectivity index (χ0) is 13.4. The van der Waals surface area contributed by atoms with Crippen LogP contribution in [0.25, 0.3) is 0 Å². The number of hydrogen-bond acceptors (Lipinski definition) is 3. The molecule has 0 amide bonds. The summed E-state index contributed by atoms with van der Waals surface area (Å²) in [5.74, 6) is 1.08. The van der Waals surface area contributed by atoms with E-state index in [0.29, 0.717) is 24.7 Å². The van der Waals surface area contributed by atoms with Gasteiger partial charge in [0.15, 0.2) is 0 Å². The number of halogens is 2. The fraction of sp³-hybridized carbons (Fsp3) is 0.538. The fourth-order valence-corrected chi connectivity index (χ4v) is 1.47. The molecule has 5 heteroatoms. The molecule has 1 aromatic rings. The molecule has 1 aromatic carbocycles. The average molecular weight is 259 g/mol. The summed E-state index contributed by atoms with van der Waals surface area (Å²) in [6.45, 7) is 2.56. The minimum atomic E-state index is -2.48. The van der Waals surface area contributed by atoms with Crippen molar-refractivity contribution in [1.82, 2.24) is 5.32 Å². The summed E-state index contributed by atoms with van der Waals surface area (Å²) in [4.78, 5) is 0. The molecule has 3 nitrogen and oxygen atoms in total. The van der Waals surface area contributed by atoms with E-state index in [1.165, 1.54) is 0 Å². The van der Waals surface area contributed by atoms with Crippen LogP contribution >= 0.6 is 0 Å². The fourth-order valence-electron chi connectivity index (χ4n) is 1.47. The highest BCUT2D eigenvalue weighted by atomic mass is 19.3. The SMILES string of the molecule is CCCOc1ccc(CNC)c(OCC(F)F)c1. The van der Waals surface area contributed by atoms with Crippen molar-refractivity contribution >= 4 is 0 Å². The number of benzene rings is 1. The molecular formula is C13H19F2NO2. The van der Waals surface area contributed by atoms with Crippen molar-refractivity contribution < 1.29 is 18.3 Å². The third kappa shape index (κ3) is 4.87. The highest BCUT2D eigenvalue weighted by Crippen LogP contribution is 2.25. The molecule has 102 valence electrons. The Hall–Kier alpha value is -1.36. The van der Waals surface area contributed by atoms with Gasteiger partial charge < -0.3 is 14.8 Å². The van der Waals surface area contributed by atoms with Crippen LogP contribution in [0.4, 0.5) is 8.78 Å². The van der Waals surface area contributed by atoms with Crippen LogP contribution in [0.5, 0.6) is 11.5 Å². The predicted molar refractivity (Wildman–Crippen MR) is 66.5 cm³/mol. The molecular weight excluding hydrogens is 240 g/mol. The molecule has 18 heavy (non-hydrogen) atoms. The first-order valence-corrected chi connectivity index (χ1v) is 5.98. The molecule has 0 aliphatic rings. The summed E-state index contributed by atoms with van der Waals surface area (Å²) in [5.41, 5.74) is 0.835. The molecule has 0 atom stereocenters. The normalized spacial score (nSPS) is 10.7. The van der Waals surface area contributed by atoms with E-state index in [0.717, 1.165) is 12.0 Å². The quantitative estimate of drug-likeness (QED) is 0.778. The smallest absolute Gasteiger partial charge is 0.272 e. The Bertz CT molecular complexity index is 359. The van der Waals surface area contributed by atoms with Gasteiger partial charge in [0.1, 0.15) is 18.1 Å². The molecule has 1 N–H and O–H groups in total. The maximum absolute atomic E-state index is 12.2. The van der Waals surface area contributed by atoms with Crippen molar-refractivity contribution in [2.24, 2.45) is 0 Å². The zero-order valence-corrected chi connectivity index (χ0v) is 10.7. The van der Waals surface area contributed by atoms with Crippen LogP contribution in [-0.4, -0.2) is 26.7 Å². The van der Waals surface area contributed by atoms with Crippen molar-refractivity contribution in [1.29, 1.82) is 0 Å². The standard InChI is InChI=1S/C13H19F2NO2/c1-3-6-17-11-5-4-10(8-16-2)12(7-11)18-9-13(14)15/h4-5,7,13,16H,3,6,8-9H2,1-2H3. The van der Waals surface area contributed by atoms with Gasteiger partial charge in [0, 0.05) is 18.2 Å². The van der Waals surface area contributed by atoms with Gasteiger partial charge in [-0.25, -0.2) is 8.78 Å². The summed E-state index contributed by atoms with van der Waals surface area (Å²) < 4.78 is 34.9. The Kier molecular flexibility index (Phi) is 6.43. The average Bonchev–Trinajstić information content (AvgIpc) is 2.36. The molecule has 0 saturated carbocycles. The third-order valence-corrected chi connectivity index (χ3v) is 2.24. The Morgan fingerprint density at radius 2 is 2.06 bits per heavy atom. The lowest BCUT2D eigenvalue weighted by atomic mass is 10.2. The first-order valence-electron chi connectivity index (χ1n) is 5.98. The van der Waals surface area contributed by atoms with Crippen LogP contribution in [0, 0.1) is 0 Å².